The number of hydrazine groups is 1. The van der Waals surface area contributed by atoms with Crippen LogP contribution in [0.1, 0.15) is 171 Å². The summed E-state index contributed by atoms with van der Waals surface area (Å²) in [4.78, 5) is 234. The number of aliphatic imine (C=N–C) groups is 1. The maximum atomic E-state index is 15.1. The lowest BCUT2D eigenvalue weighted by Gasteiger charge is -2.36. The highest BCUT2D eigenvalue weighted by Gasteiger charge is 2.40. The third-order valence-electron chi connectivity index (χ3n) is 16.5. The van der Waals surface area contributed by atoms with Crippen LogP contribution in [0.4, 0.5) is 0 Å². The van der Waals surface area contributed by atoms with Gasteiger partial charge in [0.1, 0.15) is 55.1 Å². The minimum atomic E-state index is -2.02. The Bertz CT molecular complexity index is 2970. The summed E-state index contributed by atoms with van der Waals surface area (Å²) < 4.78 is 0. The number of unbranched alkanes of at least 4 members (excludes halogenated alkanes) is 2. The number of rotatable bonds is 52. The van der Waals surface area contributed by atoms with Crippen LogP contribution in [0.2, 0.25) is 0 Å². The molecular weight excluding hydrogens is 1380 g/mol. The summed E-state index contributed by atoms with van der Waals surface area (Å²) in [5, 5.41) is 47.5. The first kappa shape index (κ1) is 93.6. The van der Waals surface area contributed by atoms with E-state index in [0.29, 0.717) is 31.8 Å². The van der Waals surface area contributed by atoms with Gasteiger partial charge in [-0.1, -0.05) is 79.9 Å². The standard InChI is InChI=1S/C66H114N20O19/c1-9-11-18-40(34-88)74-54-63(103)83-55(75-41(35-89)22-24-51(93)94)65(105)86(28-16-12-13-21-50(92)82-54)56(73-39(8)33-87)64(104)85-84-53(38(7)10-2)62(102)78-42(19-14-15-26-67)57(97)77-44(23-25-52(95)96)59(99)80-46(30-37(5)6)60(100)76-43(20-17-27-72-66(70)71)58(98)81-47(31-49(69)91)61(101)79-45(29-36(3)4)48(90)32-68/h12,16,33-47,53-56,73-75,84H,9-11,13-15,17-32,67-68H2,1-8H3,(H2,69,91)(H,76,100)(H,77,97)(H,78,102)(H,79,101)(H,80,99)(H,81,98)(H,82,92)(H,83,103)(H,85,104)(H,93,94)(H,95,96)(H4,70,71,72)/b16-12+/t38-,39-,40-,41-,42-,43-,44-,45-,46-,47-,53-,54?,55+,56+/m0/s1. The van der Waals surface area contributed by atoms with Crippen molar-refractivity contribution in [1.82, 2.24) is 74.2 Å². The van der Waals surface area contributed by atoms with Crippen LogP contribution in [0, 0.1) is 17.8 Å². The lowest BCUT2D eigenvalue weighted by molar-refractivity contribution is -0.146. The van der Waals surface area contributed by atoms with E-state index in [0.717, 1.165) is 4.90 Å². The molecule has 0 spiro atoms. The first-order valence-corrected chi connectivity index (χ1v) is 35.4. The number of aldehydes is 3. The molecule has 1 unspecified atom stereocenters. The average Bonchev–Trinajstić information content (AvgIpc) is 1.26. The molecule has 0 aromatic heterocycles. The molecular formula is C66H114N20O19. The zero-order valence-electron chi connectivity index (χ0n) is 61.3. The van der Waals surface area contributed by atoms with Crippen LogP contribution < -0.4 is 98.0 Å². The van der Waals surface area contributed by atoms with E-state index < -0.39 is 213 Å². The van der Waals surface area contributed by atoms with Gasteiger partial charge in [0.2, 0.25) is 47.3 Å². The van der Waals surface area contributed by atoms with E-state index in [2.05, 4.69) is 74.3 Å². The highest BCUT2D eigenvalue weighted by molar-refractivity contribution is 5.99. The third-order valence-corrected chi connectivity index (χ3v) is 16.5. The Balaban J connectivity index is 3.92. The number of nitrogens with zero attached hydrogens (tertiary/aromatic N) is 2. The van der Waals surface area contributed by atoms with Gasteiger partial charge in [-0.2, -0.15) is 0 Å². The topological polar surface area (TPSA) is 633 Å². The van der Waals surface area contributed by atoms with Crippen molar-refractivity contribution in [2.75, 3.05) is 26.2 Å². The van der Waals surface area contributed by atoms with Crippen molar-refractivity contribution in [2.24, 2.45) is 51.4 Å². The van der Waals surface area contributed by atoms with Gasteiger partial charge < -0.3 is 101 Å². The second kappa shape index (κ2) is 50.9. The van der Waals surface area contributed by atoms with Gasteiger partial charge in [-0.15, -0.1) is 0 Å². The summed E-state index contributed by atoms with van der Waals surface area (Å²) >= 11 is 0. The number of nitrogens with two attached hydrogens (primary N) is 5. The predicted molar refractivity (Wildman–Crippen MR) is 381 cm³/mol. The number of Topliss-reactive ketones (excluding diaryl/α,β-unsaturated/α-hetero) is 1. The molecule has 39 nitrogen and oxygen atoms in total. The number of nitrogens with one attached hydrogen (secondary N) is 13. The number of carboxylic acid groups (broad SMARTS) is 2. The molecule has 0 saturated heterocycles. The Kier molecular flexibility index (Phi) is 45.3. The monoisotopic (exact) mass is 1490 g/mol. The van der Waals surface area contributed by atoms with E-state index in [1.165, 1.54) is 19.1 Å². The molecule has 0 saturated carbocycles. The molecule has 1 aliphatic heterocycles. The minimum absolute atomic E-state index is 0.00702. The number of aliphatic carboxylic acids is 2. The number of primary amides is 1. The molecule has 0 aliphatic carbocycles. The van der Waals surface area contributed by atoms with E-state index in [9.17, 15) is 86.9 Å². The fourth-order valence-corrected chi connectivity index (χ4v) is 10.5. The number of carbonyl (C=O) groups is 17. The summed E-state index contributed by atoms with van der Waals surface area (Å²) in [7, 11) is 0. The fraction of sp³-hybridized carbons (Fsp3) is 0.697. The molecule has 1 heterocycles. The number of carbonyl (C=O) groups excluding carboxylic acids is 15. The first-order valence-electron chi connectivity index (χ1n) is 35.4. The second-order valence-electron chi connectivity index (χ2n) is 26.5. The first-order chi connectivity index (χ1) is 49.6. The quantitative estimate of drug-likeness (QED) is 0.00674. The Morgan fingerprint density at radius 3 is 1.65 bits per heavy atom. The maximum Gasteiger partial charge on any atom is 0.303 e. The molecule has 1 rings (SSSR count). The van der Waals surface area contributed by atoms with Gasteiger partial charge >= 0.3 is 11.9 Å². The van der Waals surface area contributed by atoms with Crippen molar-refractivity contribution >= 4 is 108 Å². The van der Waals surface area contributed by atoms with Crippen LogP contribution in [0.3, 0.4) is 0 Å². The summed E-state index contributed by atoms with van der Waals surface area (Å²) in [5.41, 5.74) is 33.0. The van der Waals surface area contributed by atoms with Gasteiger partial charge in [0.05, 0.1) is 37.1 Å². The van der Waals surface area contributed by atoms with E-state index in [1.54, 1.807) is 41.5 Å². The van der Waals surface area contributed by atoms with Crippen molar-refractivity contribution in [3.8, 4) is 0 Å². The SMILES string of the molecule is CCCC[C@@H](C=O)NC1NC(=O)CC/C=C/CN([C@@H](N[C@@H](C)C=O)C(=O)NN[C@H](C(=O)N[C@@H](CCCCN)C(=O)N[C@@H](CCC(=O)O)C(=O)N[C@@H](CC(C)C)C(=O)N[C@@H](CCCN=C(N)N)C(=O)N[C@@H](CC(N)=O)C(=O)N[C@@H](CC(C)C)C(=O)CN)[C@@H](C)CC)C(=O)[C@H](N[C@H](C=O)CCC(=O)O)NC1=O. The minimum Gasteiger partial charge on any atom is -0.481 e. The summed E-state index contributed by atoms with van der Waals surface area (Å²) in [5.74, 6) is -15.9. The number of carboxylic acids is 2. The summed E-state index contributed by atoms with van der Waals surface area (Å²) in [6.07, 6.45) is -3.06. The molecule has 11 amide bonds. The van der Waals surface area contributed by atoms with Crippen molar-refractivity contribution in [3.05, 3.63) is 12.2 Å². The van der Waals surface area contributed by atoms with Crippen molar-refractivity contribution < 1.29 is 91.7 Å². The molecule has 592 valence electrons. The number of ketones is 1. The van der Waals surface area contributed by atoms with Crippen LogP contribution >= 0.6 is 0 Å². The van der Waals surface area contributed by atoms with Gasteiger partial charge in [0.15, 0.2) is 30.2 Å². The van der Waals surface area contributed by atoms with Gasteiger partial charge in [0.25, 0.3) is 17.7 Å². The largest absolute Gasteiger partial charge is 0.481 e. The summed E-state index contributed by atoms with van der Waals surface area (Å²) in [6.45, 7) is 12.5. The Labute approximate surface area is 611 Å². The lowest BCUT2D eigenvalue weighted by Crippen LogP contribution is -2.69. The molecule has 25 N–H and O–H groups in total. The number of amides is 11. The third kappa shape index (κ3) is 37.2. The zero-order valence-corrected chi connectivity index (χ0v) is 61.3. The van der Waals surface area contributed by atoms with Crippen LogP contribution in [-0.4, -0.2) is 228 Å². The van der Waals surface area contributed by atoms with Crippen molar-refractivity contribution in [3.63, 3.8) is 0 Å². The van der Waals surface area contributed by atoms with Crippen LogP contribution in [0.15, 0.2) is 17.1 Å². The smallest absolute Gasteiger partial charge is 0.303 e. The van der Waals surface area contributed by atoms with Crippen LogP contribution in [0.5, 0.6) is 0 Å². The Morgan fingerprint density at radius 1 is 0.600 bits per heavy atom. The highest BCUT2D eigenvalue weighted by atomic mass is 16.4. The number of allylic oxidation sites excluding steroid dienone is 1. The average molecular weight is 1490 g/mol. The van der Waals surface area contributed by atoms with Crippen LogP contribution in [0.25, 0.3) is 0 Å². The van der Waals surface area contributed by atoms with E-state index >= 15 is 4.79 Å². The molecule has 1 aliphatic rings. The highest BCUT2D eigenvalue weighted by Crippen LogP contribution is 2.15. The number of hydrogen-bond donors (Lipinski definition) is 20. The summed E-state index contributed by atoms with van der Waals surface area (Å²) in [6, 6.07) is -14.2. The Hall–Kier alpha value is -9.44. The van der Waals surface area contributed by atoms with E-state index in [-0.39, 0.29) is 101 Å². The normalized spacial score (nSPS) is 17.9. The molecule has 39 heteroatoms. The second-order valence-corrected chi connectivity index (χ2v) is 26.5. The molecule has 0 aromatic rings. The van der Waals surface area contributed by atoms with E-state index in [1.807, 2.05) is 6.92 Å². The van der Waals surface area contributed by atoms with Gasteiger partial charge in [-0.3, -0.25) is 93.5 Å². The number of hydrogen-bond acceptors (Lipinski definition) is 24. The van der Waals surface area contributed by atoms with E-state index in [4.69, 9.17) is 28.7 Å². The maximum absolute atomic E-state index is 15.1. The van der Waals surface area contributed by atoms with Crippen LogP contribution in [-0.2, 0) is 81.5 Å². The molecule has 0 fully saturated rings. The zero-order chi connectivity index (χ0) is 79.5. The van der Waals surface area contributed by atoms with Gasteiger partial charge in [0, 0.05) is 32.4 Å². The van der Waals surface area contributed by atoms with Gasteiger partial charge in [-0.25, -0.2) is 5.43 Å². The molecule has 0 radical (unpaired) electrons. The van der Waals surface area contributed by atoms with Crippen molar-refractivity contribution in [2.45, 2.75) is 250 Å². The molecule has 14 atom stereocenters. The Morgan fingerprint density at radius 2 is 1.11 bits per heavy atom. The number of guanidine groups is 1. The molecule has 0 aromatic carbocycles. The fourth-order valence-electron chi connectivity index (χ4n) is 10.5. The van der Waals surface area contributed by atoms with Crippen molar-refractivity contribution in [1.29, 1.82) is 0 Å². The lowest BCUT2D eigenvalue weighted by atomic mass is 9.98. The molecule has 105 heavy (non-hydrogen) atoms. The van der Waals surface area contributed by atoms with Gasteiger partial charge in [-0.05, 0) is 102 Å². The predicted octanol–water partition coefficient (Wildman–Crippen LogP) is -5.59. The molecule has 0 bridgehead atoms.